The Labute approximate surface area is 189 Å². The van der Waals surface area contributed by atoms with Crippen molar-refractivity contribution in [2.45, 2.75) is 32.1 Å². The standard InChI is InChI=1S/C23H33N5O4/c1-2-32-21(30)15-20(29)26-11-13-27(14-12-26)22(31)28-10-6-23(5-9-25-17-23)19(16-28)18-3-7-24-8-4-18/h3-4,7-8,19,25H,2,5-6,9-17H2,1H3. The average molecular weight is 444 g/mol. The lowest BCUT2D eigenvalue weighted by atomic mass is 9.67. The topological polar surface area (TPSA) is 95.1 Å². The monoisotopic (exact) mass is 443 g/mol. The van der Waals surface area contributed by atoms with Gasteiger partial charge in [-0.2, -0.15) is 0 Å². The summed E-state index contributed by atoms with van der Waals surface area (Å²) in [6.45, 7) is 7.31. The zero-order valence-corrected chi connectivity index (χ0v) is 18.8. The lowest BCUT2D eigenvalue weighted by molar-refractivity contribution is -0.149. The summed E-state index contributed by atoms with van der Waals surface area (Å²) in [6, 6.07) is 4.20. The first-order valence-electron chi connectivity index (χ1n) is 11.6. The molecule has 2 unspecified atom stereocenters. The number of piperazine rings is 1. The molecule has 0 bridgehead atoms. The number of hydrogen-bond acceptors (Lipinski definition) is 6. The van der Waals surface area contributed by atoms with E-state index in [-0.39, 0.29) is 36.3 Å². The molecule has 32 heavy (non-hydrogen) atoms. The van der Waals surface area contributed by atoms with E-state index in [0.29, 0.717) is 32.7 Å². The fraction of sp³-hybridized carbons (Fsp3) is 0.652. The highest BCUT2D eigenvalue weighted by Gasteiger charge is 2.47. The normalized spacial score (nSPS) is 25.8. The molecule has 1 spiro atoms. The van der Waals surface area contributed by atoms with Crippen molar-refractivity contribution in [3.05, 3.63) is 30.1 Å². The molecule has 3 aliphatic heterocycles. The van der Waals surface area contributed by atoms with E-state index in [0.717, 1.165) is 32.5 Å². The van der Waals surface area contributed by atoms with Crippen LogP contribution in [0.4, 0.5) is 4.79 Å². The molecular formula is C23H33N5O4. The van der Waals surface area contributed by atoms with Gasteiger partial charge in [0.25, 0.3) is 0 Å². The van der Waals surface area contributed by atoms with Gasteiger partial charge in [-0.15, -0.1) is 0 Å². The minimum Gasteiger partial charge on any atom is -0.466 e. The highest BCUT2D eigenvalue weighted by Crippen LogP contribution is 2.47. The van der Waals surface area contributed by atoms with Gasteiger partial charge in [0.1, 0.15) is 6.42 Å². The van der Waals surface area contributed by atoms with Crippen LogP contribution in [0.2, 0.25) is 0 Å². The molecule has 1 N–H and O–H groups in total. The van der Waals surface area contributed by atoms with E-state index >= 15 is 0 Å². The third kappa shape index (κ3) is 4.72. The van der Waals surface area contributed by atoms with E-state index in [9.17, 15) is 14.4 Å². The van der Waals surface area contributed by atoms with E-state index in [2.05, 4.69) is 22.4 Å². The quantitative estimate of drug-likeness (QED) is 0.553. The van der Waals surface area contributed by atoms with Crippen molar-refractivity contribution in [2.24, 2.45) is 5.41 Å². The van der Waals surface area contributed by atoms with Gasteiger partial charge in [-0.25, -0.2) is 4.79 Å². The number of amides is 3. The van der Waals surface area contributed by atoms with Crippen LogP contribution in [0.5, 0.6) is 0 Å². The maximum atomic E-state index is 13.3. The Morgan fingerprint density at radius 1 is 1.06 bits per heavy atom. The second kappa shape index (κ2) is 9.85. The molecule has 3 saturated heterocycles. The van der Waals surface area contributed by atoms with Crippen LogP contribution in [-0.4, -0.2) is 96.6 Å². The highest BCUT2D eigenvalue weighted by atomic mass is 16.5. The van der Waals surface area contributed by atoms with E-state index < -0.39 is 5.97 Å². The second-order valence-corrected chi connectivity index (χ2v) is 8.95. The Morgan fingerprint density at radius 3 is 2.44 bits per heavy atom. The molecule has 4 rings (SSSR count). The number of piperidine rings is 1. The number of carbonyl (C=O) groups is 3. The number of esters is 1. The molecule has 3 fully saturated rings. The van der Waals surface area contributed by atoms with Gasteiger partial charge in [0.05, 0.1) is 6.61 Å². The van der Waals surface area contributed by atoms with Crippen LogP contribution in [0.15, 0.2) is 24.5 Å². The summed E-state index contributed by atoms with van der Waals surface area (Å²) in [4.78, 5) is 46.8. The predicted octanol–water partition coefficient (Wildman–Crippen LogP) is 1.07. The first-order chi connectivity index (χ1) is 15.5. The minimum atomic E-state index is -0.498. The molecule has 0 aromatic carbocycles. The molecule has 0 saturated carbocycles. The van der Waals surface area contributed by atoms with E-state index in [1.54, 1.807) is 11.8 Å². The van der Waals surface area contributed by atoms with E-state index in [1.807, 2.05) is 22.2 Å². The predicted molar refractivity (Wildman–Crippen MR) is 118 cm³/mol. The van der Waals surface area contributed by atoms with Crippen LogP contribution >= 0.6 is 0 Å². The van der Waals surface area contributed by atoms with Crippen LogP contribution in [0.3, 0.4) is 0 Å². The van der Waals surface area contributed by atoms with Gasteiger partial charge in [0.15, 0.2) is 0 Å². The molecule has 4 heterocycles. The summed E-state index contributed by atoms with van der Waals surface area (Å²) in [6.07, 6.45) is 5.54. The summed E-state index contributed by atoms with van der Waals surface area (Å²) in [7, 11) is 0. The largest absolute Gasteiger partial charge is 0.466 e. The zero-order valence-electron chi connectivity index (χ0n) is 18.8. The van der Waals surface area contributed by atoms with Crippen molar-refractivity contribution in [1.82, 2.24) is 25.0 Å². The summed E-state index contributed by atoms with van der Waals surface area (Å²) >= 11 is 0. The fourth-order valence-electron chi connectivity index (χ4n) is 5.33. The second-order valence-electron chi connectivity index (χ2n) is 8.95. The van der Waals surface area contributed by atoms with Crippen molar-refractivity contribution in [1.29, 1.82) is 0 Å². The summed E-state index contributed by atoms with van der Waals surface area (Å²) in [5.41, 5.74) is 1.44. The van der Waals surface area contributed by atoms with E-state index in [4.69, 9.17) is 4.74 Å². The Bertz CT molecular complexity index is 819. The maximum absolute atomic E-state index is 13.3. The van der Waals surface area contributed by atoms with Gasteiger partial charge in [-0.1, -0.05) is 0 Å². The SMILES string of the molecule is CCOC(=O)CC(=O)N1CCN(C(=O)N2CCC3(CCNC3)C(c3ccncc3)C2)CC1. The molecule has 2 atom stereocenters. The molecule has 3 amide bonds. The van der Waals surface area contributed by atoms with Crippen molar-refractivity contribution in [2.75, 3.05) is 59.0 Å². The van der Waals surface area contributed by atoms with Crippen molar-refractivity contribution in [3.63, 3.8) is 0 Å². The van der Waals surface area contributed by atoms with Crippen LogP contribution < -0.4 is 5.32 Å². The number of urea groups is 1. The fourth-order valence-corrected chi connectivity index (χ4v) is 5.33. The first kappa shape index (κ1) is 22.5. The van der Waals surface area contributed by atoms with Gasteiger partial charge in [0, 0.05) is 64.1 Å². The zero-order chi connectivity index (χ0) is 22.6. The van der Waals surface area contributed by atoms with E-state index in [1.165, 1.54) is 5.56 Å². The van der Waals surface area contributed by atoms with Crippen LogP contribution in [0, 0.1) is 5.41 Å². The molecule has 1 aromatic rings. The minimum absolute atomic E-state index is 0.0438. The van der Waals surface area contributed by atoms with Gasteiger partial charge < -0.3 is 24.8 Å². The number of nitrogens with zero attached hydrogens (tertiary/aromatic N) is 4. The Hall–Kier alpha value is -2.68. The number of ether oxygens (including phenoxy) is 1. The van der Waals surface area contributed by atoms with Crippen LogP contribution in [-0.2, 0) is 14.3 Å². The Kier molecular flexibility index (Phi) is 6.93. The molecule has 0 radical (unpaired) electrons. The molecule has 174 valence electrons. The highest BCUT2D eigenvalue weighted by molar-refractivity contribution is 5.94. The molecular weight excluding hydrogens is 410 g/mol. The van der Waals surface area contributed by atoms with Gasteiger partial charge >= 0.3 is 12.0 Å². The van der Waals surface area contributed by atoms with Gasteiger partial charge in [-0.05, 0) is 49.4 Å². The summed E-state index contributed by atoms with van der Waals surface area (Å²) in [5, 5.41) is 3.53. The first-order valence-corrected chi connectivity index (χ1v) is 11.6. The lowest BCUT2D eigenvalue weighted by Gasteiger charge is -2.47. The Balaban J connectivity index is 1.36. The average Bonchev–Trinajstić information content (AvgIpc) is 3.28. The molecule has 9 heteroatoms. The number of aromatic nitrogens is 1. The third-order valence-electron chi connectivity index (χ3n) is 7.18. The van der Waals surface area contributed by atoms with Crippen LogP contribution in [0.25, 0.3) is 0 Å². The lowest BCUT2D eigenvalue weighted by Crippen LogP contribution is -2.57. The number of likely N-dealkylation sites (tertiary alicyclic amines) is 1. The number of rotatable bonds is 4. The smallest absolute Gasteiger partial charge is 0.320 e. The van der Waals surface area contributed by atoms with Crippen LogP contribution in [0.1, 0.15) is 37.7 Å². The van der Waals surface area contributed by atoms with Gasteiger partial charge in [0.2, 0.25) is 5.91 Å². The van der Waals surface area contributed by atoms with Crippen molar-refractivity contribution >= 4 is 17.9 Å². The van der Waals surface area contributed by atoms with Gasteiger partial charge in [-0.3, -0.25) is 14.6 Å². The number of hydrogen-bond donors (Lipinski definition) is 1. The number of pyridine rings is 1. The summed E-state index contributed by atoms with van der Waals surface area (Å²) < 4.78 is 4.86. The number of carbonyl (C=O) groups excluding carboxylic acids is 3. The van der Waals surface area contributed by atoms with Crippen molar-refractivity contribution < 1.29 is 19.1 Å². The maximum Gasteiger partial charge on any atom is 0.320 e. The summed E-state index contributed by atoms with van der Waals surface area (Å²) in [5.74, 6) is -0.450. The van der Waals surface area contributed by atoms with Crippen molar-refractivity contribution in [3.8, 4) is 0 Å². The molecule has 1 aromatic heterocycles. The molecule has 0 aliphatic carbocycles. The molecule has 3 aliphatic rings. The molecule has 9 nitrogen and oxygen atoms in total. The third-order valence-corrected chi connectivity index (χ3v) is 7.18. The Morgan fingerprint density at radius 2 is 1.78 bits per heavy atom. The number of nitrogens with one attached hydrogen (secondary N) is 1.